The molecule has 6 heteroatoms. The van der Waals surface area contributed by atoms with Crippen molar-refractivity contribution < 1.29 is 5.11 Å². The molecule has 1 saturated heterocycles. The van der Waals surface area contributed by atoms with Crippen LogP contribution < -0.4 is 10.2 Å². The standard InChI is InChI=1S/C22H31N5O/c1-17-5-4-9-27(13-17)22-11-21(24-16-25-22)23-12-20(28)15-26-10-8-18-6-2-3-7-19(18)14-26/h2-3,6-7,11,16-17,20,28H,4-5,8-10,12-15H2,1H3,(H,23,24,25). The molecule has 0 spiro atoms. The van der Waals surface area contributed by atoms with Crippen molar-refractivity contribution in [3.8, 4) is 0 Å². The van der Waals surface area contributed by atoms with Crippen molar-refractivity contribution in [1.29, 1.82) is 0 Å². The van der Waals surface area contributed by atoms with Crippen LogP contribution in [0.4, 0.5) is 11.6 Å². The summed E-state index contributed by atoms with van der Waals surface area (Å²) in [6, 6.07) is 10.6. The van der Waals surface area contributed by atoms with Gasteiger partial charge in [-0.3, -0.25) is 4.90 Å². The number of fused-ring (bicyclic) bond motifs is 1. The maximum Gasteiger partial charge on any atom is 0.134 e. The van der Waals surface area contributed by atoms with E-state index in [1.807, 2.05) is 6.07 Å². The average Bonchev–Trinajstić information content (AvgIpc) is 2.72. The first kappa shape index (κ1) is 19.2. The van der Waals surface area contributed by atoms with Gasteiger partial charge in [0.15, 0.2) is 0 Å². The number of nitrogens with one attached hydrogen (secondary N) is 1. The molecule has 0 radical (unpaired) electrons. The lowest BCUT2D eigenvalue weighted by atomic mass is 10.00. The Morgan fingerprint density at radius 3 is 2.93 bits per heavy atom. The largest absolute Gasteiger partial charge is 0.390 e. The van der Waals surface area contributed by atoms with E-state index >= 15 is 0 Å². The molecule has 2 atom stereocenters. The average molecular weight is 382 g/mol. The topological polar surface area (TPSA) is 64.5 Å². The van der Waals surface area contributed by atoms with Crippen LogP contribution in [-0.2, 0) is 13.0 Å². The molecule has 2 unspecified atom stereocenters. The minimum Gasteiger partial charge on any atom is -0.390 e. The minimum absolute atomic E-state index is 0.432. The summed E-state index contributed by atoms with van der Waals surface area (Å²) in [6.07, 6.45) is 4.75. The van der Waals surface area contributed by atoms with Gasteiger partial charge in [0.25, 0.3) is 0 Å². The van der Waals surface area contributed by atoms with Gasteiger partial charge in [0, 0.05) is 45.3 Å². The number of nitrogens with zero attached hydrogens (tertiary/aromatic N) is 4. The summed E-state index contributed by atoms with van der Waals surface area (Å²) in [6.45, 7) is 7.47. The van der Waals surface area contributed by atoms with Crippen LogP contribution >= 0.6 is 0 Å². The fourth-order valence-electron chi connectivity index (χ4n) is 4.31. The number of hydrogen-bond donors (Lipinski definition) is 2. The van der Waals surface area contributed by atoms with E-state index < -0.39 is 6.10 Å². The third kappa shape index (κ3) is 4.80. The van der Waals surface area contributed by atoms with Crippen molar-refractivity contribution in [2.75, 3.05) is 42.9 Å². The Morgan fingerprint density at radius 1 is 1.21 bits per heavy atom. The fraction of sp³-hybridized carbons (Fsp3) is 0.545. The zero-order valence-corrected chi connectivity index (χ0v) is 16.7. The molecule has 2 aliphatic heterocycles. The number of β-amino-alcohol motifs (C(OH)–C–C–N with tert-alkyl or cyclic N) is 1. The van der Waals surface area contributed by atoms with E-state index in [1.54, 1.807) is 6.33 Å². The monoisotopic (exact) mass is 381 g/mol. The summed E-state index contributed by atoms with van der Waals surface area (Å²) in [4.78, 5) is 13.4. The lowest BCUT2D eigenvalue weighted by Gasteiger charge is -2.32. The second-order valence-corrected chi connectivity index (χ2v) is 8.24. The number of benzene rings is 1. The summed E-state index contributed by atoms with van der Waals surface area (Å²) in [5.41, 5.74) is 2.82. The number of aliphatic hydroxyl groups is 1. The molecule has 1 aromatic heterocycles. The van der Waals surface area contributed by atoms with E-state index in [0.717, 1.165) is 44.2 Å². The van der Waals surface area contributed by atoms with Crippen molar-refractivity contribution in [3.05, 3.63) is 47.8 Å². The van der Waals surface area contributed by atoms with Crippen LogP contribution in [0.15, 0.2) is 36.7 Å². The molecule has 0 saturated carbocycles. The van der Waals surface area contributed by atoms with Crippen LogP contribution in [0.5, 0.6) is 0 Å². The zero-order valence-electron chi connectivity index (χ0n) is 16.7. The van der Waals surface area contributed by atoms with E-state index in [0.29, 0.717) is 19.0 Å². The van der Waals surface area contributed by atoms with Crippen LogP contribution in [0.2, 0.25) is 0 Å². The lowest BCUT2D eigenvalue weighted by molar-refractivity contribution is 0.114. The molecular formula is C22H31N5O. The molecule has 2 aromatic rings. The maximum absolute atomic E-state index is 10.5. The summed E-state index contributed by atoms with van der Waals surface area (Å²) in [5.74, 6) is 2.47. The number of hydrogen-bond acceptors (Lipinski definition) is 6. The van der Waals surface area contributed by atoms with Gasteiger partial charge < -0.3 is 15.3 Å². The van der Waals surface area contributed by atoms with Crippen molar-refractivity contribution >= 4 is 11.6 Å². The molecular weight excluding hydrogens is 350 g/mol. The summed E-state index contributed by atoms with van der Waals surface area (Å²) < 4.78 is 0. The first-order valence-corrected chi connectivity index (χ1v) is 10.5. The van der Waals surface area contributed by atoms with Gasteiger partial charge in [0.05, 0.1) is 6.10 Å². The van der Waals surface area contributed by atoms with E-state index in [-0.39, 0.29) is 0 Å². The van der Waals surface area contributed by atoms with E-state index in [9.17, 15) is 5.11 Å². The van der Waals surface area contributed by atoms with E-state index in [1.165, 1.54) is 24.0 Å². The zero-order chi connectivity index (χ0) is 19.3. The van der Waals surface area contributed by atoms with Gasteiger partial charge in [-0.2, -0.15) is 0 Å². The molecule has 0 aliphatic carbocycles. The Balaban J connectivity index is 1.28. The third-order valence-corrected chi connectivity index (χ3v) is 5.83. The molecule has 2 N–H and O–H groups in total. The van der Waals surface area contributed by atoms with Crippen molar-refractivity contribution in [2.45, 2.75) is 38.8 Å². The smallest absolute Gasteiger partial charge is 0.134 e. The Morgan fingerprint density at radius 2 is 2.07 bits per heavy atom. The van der Waals surface area contributed by atoms with Gasteiger partial charge >= 0.3 is 0 Å². The molecule has 150 valence electrons. The summed E-state index contributed by atoms with van der Waals surface area (Å²) >= 11 is 0. The first-order valence-electron chi connectivity index (χ1n) is 10.5. The second kappa shape index (κ2) is 8.88. The quantitative estimate of drug-likeness (QED) is 0.802. The highest BCUT2D eigenvalue weighted by atomic mass is 16.3. The minimum atomic E-state index is -0.432. The molecule has 2 aliphatic rings. The van der Waals surface area contributed by atoms with E-state index in [4.69, 9.17) is 0 Å². The number of anilines is 2. The van der Waals surface area contributed by atoms with Crippen molar-refractivity contribution in [2.24, 2.45) is 5.92 Å². The highest BCUT2D eigenvalue weighted by Crippen LogP contribution is 2.22. The molecule has 1 fully saturated rings. The van der Waals surface area contributed by atoms with Crippen LogP contribution in [0.1, 0.15) is 30.9 Å². The highest BCUT2D eigenvalue weighted by Gasteiger charge is 2.20. The van der Waals surface area contributed by atoms with Crippen molar-refractivity contribution in [3.63, 3.8) is 0 Å². The Kier molecular flexibility index (Phi) is 6.07. The van der Waals surface area contributed by atoms with Crippen LogP contribution in [-0.4, -0.2) is 58.8 Å². The second-order valence-electron chi connectivity index (χ2n) is 8.24. The van der Waals surface area contributed by atoms with Crippen LogP contribution in [0.25, 0.3) is 0 Å². The fourth-order valence-corrected chi connectivity index (χ4v) is 4.31. The first-order chi connectivity index (χ1) is 13.7. The predicted octanol–water partition coefficient (Wildman–Crippen LogP) is 2.54. The number of aliphatic hydroxyl groups excluding tert-OH is 1. The van der Waals surface area contributed by atoms with Crippen LogP contribution in [0.3, 0.4) is 0 Å². The number of aromatic nitrogens is 2. The maximum atomic E-state index is 10.5. The lowest BCUT2D eigenvalue weighted by Crippen LogP contribution is -2.39. The van der Waals surface area contributed by atoms with Crippen molar-refractivity contribution in [1.82, 2.24) is 14.9 Å². The van der Waals surface area contributed by atoms with Gasteiger partial charge in [-0.1, -0.05) is 31.2 Å². The van der Waals surface area contributed by atoms with E-state index in [2.05, 4.69) is 56.3 Å². The molecule has 3 heterocycles. The van der Waals surface area contributed by atoms with Crippen LogP contribution in [0, 0.1) is 5.92 Å². The molecule has 1 aromatic carbocycles. The highest BCUT2D eigenvalue weighted by molar-refractivity contribution is 5.48. The van der Waals surface area contributed by atoms with Gasteiger partial charge in [-0.05, 0) is 36.3 Å². The number of rotatable bonds is 6. The Hall–Kier alpha value is -2.18. The summed E-state index contributed by atoms with van der Waals surface area (Å²) in [7, 11) is 0. The molecule has 0 amide bonds. The molecule has 6 nitrogen and oxygen atoms in total. The normalized spacial score (nSPS) is 21.2. The van der Waals surface area contributed by atoms with Gasteiger partial charge in [-0.15, -0.1) is 0 Å². The van der Waals surface area contributed by atoms with Gasteiger partial charge in [0.1, 0.15) is 18.0 Å². The van der Waals surface area contributed by atoms with Gasteiger partial charge in [-0.25, -0.2) is 9.97 Å². The SMILES string of the molecule is CC1CCCN(c2cc(NCC(O)CN3CCc4ccccc4C3)ncn2)C1. The Bertz CT molecular complexity index is 783. The number of piperidine rings is 1. The van der Waals surface area contributed by atoms with Gasteiger partial charge in [0.2, 0.25) is 0 Å². The third-order valence-electron chi connectivity index (χ3n) is 5.83. The predicted molar refractivity (Wildman–Crippen MR) is 113 cm³/mol. The Labute approximate surface area is 167 Å². The molecule has 0 bridgehead atoms. The summed E-state index contributed by atoms with van der Waals surface area (Å²) in [5, 5.41) is 13.8. The molecule has 4 rings (SSSR count). The molecule has 28 heavy (non-hydrogen) atoms.